The monoisotopic (exact) mass is 226 g/mol. The Labute approximate surface area is 93.6 Å². The van der Waals surface area contributed by atoms with Crippen molar-refractivity contribution in [2.24, 2.45) is 5.73 Å². The van der Waals surface area contributed by atoms with Gasteiger partial charge in [0, 0.05) is 12.2 Å². The van der Waals surface area contributed by atoms with Gasteiger partial charge in [-0.15, -0.1) is 0 Å². The van der Waals surface area contributed by atoms with Crippen molar-refractivity contribution in [1.82, 2.24) is 15.1 Å². The van der Waals surface area contributed by atoms with Gasteiger partial charge >= 0.3 is 0 Å². The van der Waals surface area contributed by atoms with Crippen LogP contribution in [0.15, 0.2) is 6.20 Å². The van der Waals surface area contributed by atoms with E-state index in [1.165, 1.54) is 6.20 Å². The standard InChI is InChI=1S/C9H14N4OS/c1-3-13(5-8(10)15)9(14)7-4-11-12-6(7)2/h4H,3,5H2,1-2H3,(H2,10,15)(H,11,12). The van der Waals surface area contributed by atoms with Crippen LogP contribution in [0, 0.1) is 6.92 Å². The summed E-state index contributed by atoms with van der Waals surface area (Å²) in [5.41, 5.74) is 6.73. The molecule has 3 N–H and O–H groups in total. The molecule has 0 aliphatic rings. The quantitative estimate of drug-likeness (QED) is 0.732. The number of amides is 1. The van der Waals surface area contributed by atoms with Crippen molar-refractivity contribution < 1.29 is 4.79 Å². The lowest BCUT2D eigenvalue weighted by atomic mass is 10.2. The fourth-order valence-electron chi connectivity index (χ4n) is 1.25. The van der Waals surface area contributed by atoms with Crippen molar-refractivity contribution >= 4 is 23.1 Å². The molecule has 1 heterocycles. The molecule has 0 spiro atoms. The van der Waals surface area contributed by atoms with Gasteiger partial charge in [0.25, 0.3) is 5.91 Å². The number of nitrogens with two attached hydrogens (primary N) is 1. The summed E-state index contributed by atoms with van der Waals surface area (Å²) >= 11 is 4.78. The largest absolute Gasteiger partial charge is 0.392 e. The van der Waals surface area contributed by atoms with Crippen molar-refractivity contribution in [3.8, 4) is 0 Å². The first kappa shape index (κ1) is 11.6. The summed E-state index contributed by atoms with van der Waals surface area (Å²) in [4.78, 5) is 13.8. The van der Waals surface area contributed by atoms with Gasteiger partial charge in [-0.05, 0) is 13.8 Å². The van der Waals surface area contributed by atoms with E-state index in [0.717, 1.165) is 5.69 Å². The molecule has 0 saturated carbocycles. The third-order valence-electron chi connectivity index (χ3n) is 2.08. The number of H-pyrrole nitrogens is 1. The Morgan fingerprint density at radius 1 is 1.73 bits per heavy atom. The molecule has 0 aromatic carbocycles. The van der Waals surface area contributed by atoms with Crippen LogP contribution in [-0.2, 0) is 0 Å². The number of nitrogens with one attached hydrogen (secondary N) is 1. The van der Waals surface area contributed by atoms with Crippen LogP contribution in [0.3, 0.4) is 0 Å². The molecule has 0 radical (unpaired) electrons. The van der Waals surface area contributed by atoms with Gasteiger partial charge in [-0.2, -0.15) is 5.10 Å². The molecule has 5 nitrogen and oxygen atoms in total. The van der Waals surface area contributed by atoms with Crippen molar-refractivity contribution in [1.29, 1.82) is 0 Å². The van der Waals surface area contributed by atoms with Crippen LogP contribution in [-0.4, -0.2) is 39.1 Å². The third kappa shape index (κ3) is 2.76. The van der Waals surface area contributed by atoms with Crippen LogP contribution in [0.1, 0.15) is 23.0 Å². The summed E-state index contributed by atoms with van der Waals surface area (Å²) in [6.45, 7) is 4.55. The highest BCUT2D eigenvalue weighted by Crippen LogP contribution is 2.07. The second-order valence-electron chi connectivity index (χ2n) is 3.19. The lowest BCUT2D eigenvalue weighted by molar-refractivity contribution is 0.0787. The maximum Gasteiger partial charge on any atom is 0.257 e. The second kappa shape index (κ2) is 4.88. The maximum absolute atomic E-state index is 11.9. The van der Waals surface area contributed by atoms with Crippen LogP contribution in [0.5, 0.6) is 0 Å². The predicted molar refractivity (Wildman–Crippen MR) is 61.7 cm³/mol. The summed E-state index contributed by atoms with van der Waals surface area (Å²) in [5.74, 6) is -0.100. The molecule has 0 aliphatic heterocycles. The molecular weight excluding hydrogens is 212 g/mol. The zero-order valence-corrected chi connectivity index (χ0v) is 9.60. The van der Waals surface area contributed by atoms with Crippen molar-refractivity contribution in [3.05, 3.63) is 17.5 Å². The van der Waals surface area contributed by atoms with E-state index < -0.39 is 0 Å². The fraction of sp³-hybridized carbons (Fsp3) is 0.444. The molecule has 6 heteroatoms. The summed E-state index contributed by atoms with van der Waals surface area (Å²) < 4.78 is 0. The van der Waals surface area contributed by atoms with Crippen molar-refractivity contribution in [2.75, 3.05) is 13.1 Å². The molecule has 82 valence electrons. The van der Waals surface area contributed by atoms with E-state index in [0.29, 0.717) is 23.6 Å². The predicted octanol–water partition coefficient (Wildman–Crippen LogP) is 0.466. The van der Waals surface area contributed by atoms with Crippen LogP contribution in [0.25, 0.3) is 0 Å². The van der Waals surface area contributed by atoms with Crippen LogP contribution in [0.4, 0.5) is 0 Å². The molecule has 0 unspecified atom stereocenters. The SMILES string of the molecule is CCN(CC(N)=S)C(=O)c1cn[nH]c1C. The summed E-state index contributed by atoms with van der Waals surface area (Å²) in [6.07, 6.45) is 1.51. The van der Waals surface area contributed by atoms with Crippen molar-refractivity contribution in [2.45, 2.75) is 13.8 Å². The van der Waals surface area contributed by atoms with E-state index in [4.69, 9.17) is 18.0 Å². The molecule has 0 fully saturated rings. The molecule has 0 atom stereocenters. The van der Waals surface area contributed by atoms with Crippen LogP contribution < -0.4 is 5.73 Å². The number of hydrogen-bond donors (Lipinski definition) is 2. The van der Waals surface area contributed by atoms with E-state index in [2.05, 4.69) is 10.2 Å². The normalized spacial score (nSPS) is 10.0. The number of carbonyl (C=O) groups excluding carboxylic acids is 1. The minimum absolute atomic E-state index is 0.100. The number of thiocarbonyl (C=S) groups is 1. The minimum atomic E-state index is -0.100. The smallest absolute Gasteiger partial charge is 0.257 e. The minimum Gasteiger partial charge on any atom is -0.392 e. The average Bonchev–Trinajstić information content (AvgIpc) is 2.59. The Hall–Kier alpha value is -1.43. The maximum atomic E-state index is 11.9. The van der Waals surface area contributed by atoms with Gasteiger partial charge in [0.05, 0.1) is 23.3 Å². The Morgan fingerprint density at radius 3 is 2.80 bits per heavy atom. The molecule has 1 rings (SSSR count). The topological polar surface area (TPSA) is 75.0 Å². The molecule has 0 aliphatic carbocycles. The highest BCUT2D eigenvalue weighted by Gasteiger charge is 2.17. The molecule has 1 amide bonds. The molecule has 15 heavy (non-hydrogen) atoms. The second-order valence-corrected chi connectivity index (χ2v) is 3.72. The summed E-state index contributed by atoms with van der Waals surface area (Å²) in [6, 6.07) is 0. The summed E-state index contributed by atoms with van der Waals surface area (Å²) in [7, 11) is 0. The molecule has 0 bridgehead atoms. The number of carbonyl (C=O) groups is 1. The van der Waals surface area contributed by atoms with Gasteiger partial charge in [0.2, 0.25) is 0 Å². The molecule has 1 aromatic heterocycles. The van der Waals surface area contributed by atoms with Crippen molar-refractivity contribution in [3.63, 3.8) is 0 Å². The molecule has 0 saturated heterocycles. The zero-order valence-electron chi connectivity index (χ0n) is 8.78. The van der Waals surface area contributed by atoms with Gasteiger partial charge in [0.15, 0.2) is 0 Å². The first-order valence-corrected chi connectivity index (χ1v) is 5.04. The number of likely N-dealkylation sites (N-methyl/N-ethyl adjacent to an activating group) is 1. The Bertz CT molecular complexity index is 374. The van der Waals surface area contributed by atoms with Gasteiger partial charge in [-0.3, -0.25) is 9.89 Å². The van der Waals surface area contributed by atoms with E-state index in [9.17, 15) is 4.79 Å². The number of rotatable bonds is 4. The number of aryl methyl sites for hydroxylation is 1. The highest BCUT2D eigenvalue weighted by molar-refractivity contribution is 7.80. The Kier molecular flexibility index (Phi) is 3.79. The van der Waals surface area contributed by atoms with Gasteiger partial charge in [0.1, 0.15) is 0 Å². The number of aromatic nitrogens is 2. The zero-order chi connectivity index (χ0) is 11.4. The number of aromatic amines is 1. The molecule has 1 aromatic rings. The number of hydrogen-bond acceptors (Lipinski definition) is 3. The average molecular weight is 226 g/mol. The summed E-state index contributed by atoms with van der Waals surface area (Å²) in [5, 5.41) is 6.52. The third-order valence-corrected chi connectivity index (χ3v) is 2.21. The van der Waals surface area contributed by atoms with E-state index in [1.54, 1.807) is 11.8 Å². The lowest BCUT2D eigenvalue weighted by Gasteiger charge is -2.19. The van der Waals surface area contributed by atoms with Gasteiger partial charge in [-0.1, -0.05) is 12.2 Å². The Morgan fingerprint density at radius 2 is 2.40 bits per heavy atom. The Balaban J connectivity index is 2.82. The lowest BCUT2D eigenvalue weighted by Crippen LogP contribution is -2.37. The first-order chi connectivity index (χ1) is 7.06. The van der Waals surface area contributed by atoms with E-state index in [1.807, 2.05) is 6.92 Å². The van der Waals surface area contributed by atoms with E-state index in [-0.39, 0.29) is 5.91 Å². The first-order valence-electron chi connectivity index (χ1n) is 4.63. The van der Waals surface area contributed by atoms with Crippen LogP contribution >= 0.6 is 12.2 Å². The van der Waals surface area contributed by atoms with Crippen LogP contribution in [0.2, 0.25) is 0 Å². The fourth-order valence-corrected chi connectivity index (χ4v) is 1.41. The van der Waals surface area contributed by atoms with Gasteiger partial charge < -0.3 is 10.6 Å². The molecular formula is C9H14N4OS. The highest BCUT2D eigenvalue weighted by atomic mass is 32.1. The van der Waals surface area contributed by atoms with E-state index >= 15 is 0 Å². The number of nitrogens with zero attached hydrogens (tertiary/aromatic N) is 2. The van der Waals surface area contributed by atoms with Gasteiger partial charge in [-0.25, -0.2) is 0 Å².